The van der Waals surface area contributed by atoms with Crippen molar-refractivity contribution in [3.8, 4) is 6.07 Å². The van der Waals surface area contributed by atoms with Crippen LogP contribution < -0.4 is 10.5 Å². The Hall–Kier alpha value is -3.07. The maximum absolute atomic E-state index is 12.4. The van der Waals surface area contributed by atoms with Crippen LogP contribution >= 0.6 is 0 Å². The number of benzene rings is 1. The van der Waals surface area contributed by atoms with E-state index < -0.39 is 0 Å². The maximum Gasteiger partial charge on any atom is 0.268 e. The number of nitrogens with zero attached hydrogens (tertiary/aromatic N) is 4. The van der Waals surface area contributed by atoms with E-state index in [4.69, 9.17) is 0 Å². The predicted molar refractivity (Wildman–Crippen MR) is 96.8 cm³/mol. The number of pyridine rings is 1. The molecular formula is C19H19N5O. The molecule has 25 heavy (non-hydrogen) atoms. The first-order valence-corrected chi connectivity index (χ1v) is 8.54. The van der Waals surface area contributed by atoms with E-state index in [1.807, 2.05) is 29.1 Å². The van der Waals surface area contributed by atoms with E-state index in [2.05, 4.69) is 34.0 Å². The van der Waals surface area contributed by atoms with Gasteiger partial charge in [-0.25, -0.2) is 0 Å². The molecule has 3 heterocycles. The Morgan fingerprint density at radius 1 is 1.44 bits per heavy atom. The quantitative estimate of drug-likeness (QED) is 0.799. The molecule has 4 rings (SSSR count). The summed E-state index contributed by atoms with van der Waals surface area (Å²) in [5.41, 5.74) is 2.59. The minimum absolute atomic E-state index is 0.196. The van der Waals surface area contributed by atoms with Gasteiger partial charge in [-0.05, 0) is 36.6 Å². The molecule has 1 aliphatic heterocycles. The van der Waals surface area contributed by atoms with Crippen molar-refractivity contribution in [2.24, 2.45) is 0 Å². The van der Waals surface area contributed by atoms with Crippen LogP contribution in [0.25, 0.3) is 10.9 Å². The molecule has 0 spiro atoms. The number of aromatic amines is 1. The van der Waals surface area contributed by atoms with E-state index in [0.717, 1.165) is 42.5 Å². The largest absolute Gasteiger partial charge is 0.368 e. The molecular weight excluding hydrogens is 314 g/mol. The van der Waals surface area contributed by atoms with Gasteiger partial charge in [0.25, 0.3) is 5.56 Å². The monoisotopic (exact) mass is 333 g/mol. The van der Waals surface area contributed by atoms with E-state index in [9.17, 15) is 10.1 Å². The molecule has 0 unspecified atom stereocenters. The Kier molecular flexibility index (Phi) is 3.77. The lowest BCUT2D eigenvalue weighted by atomic mass is 10.0. The zero-order valence-electron chi connectivity index (χ0n) is 14.1. The van der Waals surface area contributed by atoms with Crippen molar-refractivity contribution in [1.82, 2.24) is 14.8 Å². The molecule has 3 aromatic rings. The third-order valence-corrected chi connectivity index (χ3v) is 4.95. The second kappa shape index (κ2) is 6.10. The van der Waals surface area contributed by atoms with Gasteiger partial charge in [-0.2, -0.15) is 10.4 Å². The topological polar surface area (TPSA) is 77.7 Å². The first kappa shape index (κ1) is 15.5. The Bertz CT molecular complexity index is 1010. The maximum atomic E-state index is 12.4. The van der Waals surface area contributed by atoms with Crippen LogP contribution in [0.2, 0.25) is 0 Å². The molecule has 1 atom stereocenters. The van der Waals surface area contributed by atoms with Crippen LogP contribution in [0.4, 0.5) is 5.69 Å². The summed E-state index contributed by atoms with van der Waals surface area (Å²) < 4.78 is 1.96. The lowest BCUT2D eigenvalue weighted by Crippen LogP contribution is -2.25. The second-order valence-corrected chi connectivity index (χ2v) is 6.40. The van der Waals surface area contributed by atoms with Crippen molar-refractivity contribution >= 4 is 16.6 Å². The number of aryl methyl sites for hydroxylation is 1. The summed E-state index contributed by atoms with van der Waals surface area (Å²) in [5, 5.41) is 14.9. The number of anilines is 1. The fourth-order valence-electron chi connectivity index (χ4n) is 3.63. The van der Waals surface area contributed by atoms with Crippen LogP contribution in [0.15, 0.2) is 41.5 Å². The van der Waals surface area contributed by atoms with Crippen LogP contribution in [0.1, 0.15) is 30.5 Å². The van der Waals surface area contributed by atoms with Gasteiger partial charge in [0.05, 0.1) is 17.2 Å². The highest BCUT2D eigenvalue weighted by Gasteiger charge is 2.28. The average Bonchev–Trinajstić information content (AvgIpc) is 3.31. The number of hydrogen-bond donors (Lipinski definition) is 1. The molecule has 1 N–H and O–H groups in total. The first-order chi connectivity index (χ1) is 12.2. The van der Waals surface area contributed by atoms with E-state index in [-0.39, 0.29) is 17.2 Å². The van der Waals surface area contributed by atoms with Crippen molar-refractivity contribution in [3.63, 3.8) is 0 Å². The van der Waals surface area contributed by atoms with Gasteiger partial charge in [0.1, 0.15) is 11.6 Å². The number of nitrogens with one attached hydrogen (secondary N) is 1. The normalized spacial score (nSPS) is 17.1. The fraction of sp³-hybridized carbons (Fsp3) is 0.316. The van der Waals surface area contributed by atoms with Crippen LogP contribution in [-0.2, 0) is 6.42 Å². The summed E-state index contributed by atoms with van der Waals surface area (Å²) in [7, 11) is 0. The molecule has 0 saturated carbocycles. The zero-order chi connectivity index (χ0) is 17.4. The minimum Gasteiger partial charge on any atom is -0.368 e. The second-order valence-electron chi connectivity index (χ2n) is 6.40. The summed E-state index contributed by atoms with van der Waals surface area (Å²) in [6.45, 7) is 3.64. The van der Waals surface area contributed by atoms with Gasteiger partial charge in [-0.1, -0.05) is 13.0 Å². The van der Waals surface area contributed by atoms with Gasteiger partial charge < -0.3 is 9.88 Å². The summed E-state index contributed by atoms with van der Waals surface area (Å²) in [6.07, 6.45) is 5.59. The van der Waals surface area contributed by atoms with Gasteiger partial charge in [-0.3, -0.25) is 9.48 Å². The molecule has 6 heteroatoms. The molecule has 0 radical (unpaired) electrons. The molecule has 2 aromatic heterocycles. The van der Waals surface area contributed by atoms with Crippen LogP contribution in [0.3, 0.4) is 0 Å². The van der Waals surface area contributed by atoms with Gasteiger partial charge in [0.2, 0.25) is 0 Å². The smallest absolute Gasteiger partial charge is 0.268 e. The van der Waals surface area contributed by atoms with Crippen molar-refractivity contribution < 1.29 is 0 Å². The summed E-state index contributed by atoms with van der Waals surface area (Å²) in [5.74, 6) is 0. The SMILES string of the molecule is CCc1ccc2[nH]c(=O)c(C#N)c(N3CC[C@@H](n4cccn4)C3)c2c1. The van der Waals surface area contributed by atoms with Crippen LogP contribution in [-0.4, -0.2) is 27.9 Å². The Morgan fingerprint density at radius 3 is 3.04 bits per heavy atom. The van der Waals surface area contributed by atoms with Crippen LogP contribution in [0.5, 0.6) is 0 Å². The Labute approximate surface area is 145 Å². The van der Waals surface area contributed by atoms with Crippen molar-refractivity contribution in [2.45, 2.75) is 25.8 Å². The standard InChI is InChI=1S/C19H19N5O/c1-2-13-4-5-17-15(10-13)18(16(11-20)19(25)22-17)23-9-6-14(12-23)24-8-3-7-21-24/h3-5,7-8,10,14H,2,6,9,12H2,1H3,(H,22,25)/t14-/m1/s1. The van der Waals surface area contributed by atoms with Gasteiger partial charge in [0, 0.05) is 30.9 Å². The lowest BCUT2D eigenvalue weighted by molar-refractivity contribution is 0.495. The van der Waals surface area contributed by atoms with Gasteiger partial charge >= 0.3 is 0 Å². The molecule has 6 nitrogen and oxygen atoms in total. The third-order valence-electron chi connectivity index (χ3n) is 4.95. The Morgan fingerprint density at radius 2 is 2.32 bits per heavy atom. The molecule has 0 aliphatic carbocycles. The number of hydrogen-bond acceptors (Lipinski definition) is 4. The van der Waals surface area contributed by atoms with E-state index in [0.29, 0.717) is 0 Å². The number of nitriles is 1. The predicted octanol–water partition coefficient (Wildman–Crippen LogP) is 2.61. The molecule has 1 saturated heterocycles. The summed E-state index contributed by atoms with van der Waals surface area (Å²) in [4.78, 5) is 17.4. The average molecular weight is 333 g/mol. The highest BCUT2D eigenvalue weighted by atomic mass is 16.1. The lowest BCUT2D eigenvalue weighted by Gasteiger charge is -2.22. The van der Waals surface area contributed by atoms with E-state index in [1.165, 1.54) is 5.56 Å². The summed E-state index contributed by atoms with van der Waals surface area (Å²) >= 11 is 0. The number of fused-ring (bicyclic) bond motifs is 1. The molecule has 0 bridgehead atoms. The van der Waals surface area contributed by atoms with Crippen molar-refractivity contribution in [2.75, 3.05) is 18.0 Å². The highest BCUT2D eigenvalue weighted by molar-refractivity contribution is 5.95. The van der Waals surface area contributed by atoms with Crippen molar-refractivity contribution in [1.29, 1.82) is 5.26 Å². The molecule has 1 aromatic carbocycles. The number of rotatable bonds is 3. The van der Waals surface area contributed by atoms with E-state index in [1.54, 1.807) is 6.20 Å². The summed E-state index contributed by atoms with van der Waals surface area (Å²) in [6, 6.07) is 10.3. The number of H-pyrrole nitrogens is 1. The van der Waals surface area contributed by atoms with Crippen molar-refractivity contribution in [3.05, 3.63) is 58.1 Å². The first-order valence-electron chi connectivity index (χ1n) is 8.54. The van der Waals surface area contributed by atoms with E-state index >= 15 is 0 Å². The van der Waals surface area contributed by atoms with Crippen LogP contribution in [0, 0.1) is 11.3 Å². The van der Waals surface area contributed by atoms with Gasteiger partial charge in [-0.15, -0.1) is 0 Å². The molecule has 1 fully saturated rings. The Balaban J connectivity index is 1.85. The third kappa shape index (κ3) is 2.58. The molecule has 126 valence electrons. The highest BCUT2D eigenvalue weighted by Crippen LogP contribution is 2.33. The fourth-order valence-corrected chi connectivity index (χ4v) is 3.63. The zero-order valence-corrected chi connectivity index (χ0v) is 14.1. The molecule has 1 aliphatic rings. The van der Waals surface area contributed by atoms with Gasteiger partial charge in [0.15, 0.2) is 0 Å². The molecule has 0 amide bonds. The minimum atomic E-state index is -0.322. The number of aromatic nitrogens is 3.